The molecule has 0 aliphatic rings. The van der Waals surface area contributed by atoms with Crippen LogP contribution in [-0.2, 0) is 28.8 Å². The first kappa shape index (κ1) is 27.4. The zero-order valence-corrected chi connectivity index (χ0v) is 16.3. The fourth-order valence-corrected chi connectivity index (χ4v) is 1.54. The minimum Gasteiger partial charge on any atom is -0.723 e. The average molecular weight is 381 g/mol. The second kappa shape index (κ2) is 20.5. The first-order chi connectivity index (χ1) is 12.4. The third-order valence-corrected chi connectivity index (χ3v) is 3.54. The van der Waals surface area contributed by atoms with E-state index in [0.29, 0.717) is 26.2 Å². The Bertz CT molecular complexity index is 296. The Labute approximate surface area is 156 Å². The molecule has 0 saturated carbocycles. The molecule has 0 fully saturated rings. The number of rotatable bonds is 16. The molecule has 0 amide bonds. The molecular weight excluding hydrogens is 348 g/mol. The van der Waals surface area contributed by atoms with Crippen LogP contribution in [0.15, 0.2) is 0 Å². The molecule has 0 N–H and O–H groups in total. The van der Waals surface area contributed by atoms with Gasteiger partial charge in [-0.1, -0.05) is 13.8 Å². The lowest BCUT2D eigenvalue weighted by molar-refractivity contribution is -0.702. The van der Waals surface area contributed by atoms with Gasteiger partial charge in [-0.2, -0.15) is 0 Å². The highest BCUT2D eigenvalue weighted by Gasteiger charge is 2.07. The number of ether oxygens (including phenoxy) is 3. The van der Waals surface area contributed by atoms with Crippen molar-refractivity contribution in [3.63, 3.8) is 0 Å². The maximum Gasteiger partial charge on any atom is 0.0862 e. The van der Waals surface area contributed by atoms with Crippen LogP contribution in [0.2, 0.25) is 0 Å². The molecular formula is C17H33O9-3. The van der Waals surface area contributed by atoms with Crippen molar-refractivity contribution in [2.75, 3.05) is 39.6 Å². The predicted molar refractivity (Wildman–Crippen MR) is 87.2 cm³/mol. The molecule has 158 valence electrons. The van der Waals surface area contributed by atoms with Gasteiger partial charge < -0.3 is 44.4 Å². The fourth-order valence-electron chi connectivity index (χ4n) is 1.54. The van der Waals surface area contributed by atoms with Gasteiger partial charge >= 0.3 is 0 Å². The van der Waals surface area contributed by atoms with Crippen LogP contribution in [0.3, 0.4) is 0 Å². The van der Waals surface area contributed by atoms with E-state index in [1.807, 2.05) is 27.7 Å². The van der Waals surface area contributed by atoms with Crippen molar-refractivity contribution in [3.05, 3.63) is 0 Å². The minimum atomic E-state index is -1.20. The summed E-state index contributed by atoms with van der Waals surface area (Å²) < 4.78 is 15.3. The summed E-state index contributed by atoms with van der Waals surface area (Å²) in [5, 5.41) is 29.6. The summed E-state index contributed by atoms with van der Waals surface area (Å²) in [5.41, 5.74) is 0. The van der Waals surface area contributed by atoms with Crippen LogP contribution >= 0.6 is 0 Å². The van der Waals surface area contributed by atoms with E-state index >= 15 is 0 Å². The van der Waals surface area contributed by atoms with Crippen molar-refractivity contribution in [1.29, 1.82) is 0 Å². The summed E-state index contributed by atoms with van der Waals surface area (Å²) in [4.78, 5) is 17.3. The molecule has 9 nitrogen and oxygen atoms in total. The molecule has 0 aliphatic carbocycles. The Morgan fingerprint density at radius 2 is 1.38 bits per heavy atom. The van der Waals surface area contributed by atoms with Crippen LogP contribution in [0.25, 0.3) is 0 Å². The summed E-state index contributed by atoms with van der Waals surface area (Å²) in [6.45, 7) is 8.87. The van der Waals surface area contributed by atoms with Crippen molar-refractivity contribution < 1.29 is 44.4 Å². The molecule has 0 bridgehead atoms. The monoisotopic (exact) mass is 381 g/mol. The van der Waals surface area contributed by atoms with E-state index in [4.69, 9.17) is 14.2 Å². The molecule has 0 aromatic heterocycles. The van der Waals surface area contributed by atoms with Crippen molar-refractivity contribution in [3.8, 4) is 0 Å². The molecule has 0 aromatic carbocycles. The Morgan fingerprint density at radius 3 is 1.81 bits per heavy atom. The molecule has 0 heterocycles. The Kier molecular flexibility index (Phi) is 21.6. The number of hydrogen-bond donors (Lipinski definition) is 0. The van der Waals surface area contributed by atoms with Crippen LogP contribution in [0.5, 0.6) is 0 Å². The molecule has 2 unspecified atom stereocenters. The van der Waals surface area contributed by atoms with E-state index < -0.39 is 5.97 Å². The maximum atomic E-state index is 9.88. The largest absolute Gasteiger partial charge is 0.723 e. The Morgan fingerprint density at radius 1 is 0.885 bits per heavy atom. The van der Waals surface area contributed by atoms with E-state index in [9.17, 15) is 20.4 Å². The van der Waals surface area contributed by atoms with Gasteiger partial charge in [-0.05, 0) is 33.1 Å². The second-order valence-corrected chi connectivity index (χ2v) is 5.83. The van der Waals surface area contributed by atoms with Gasteiger partial charge in [0.05, 0.1) is 38.0 Å². The fraction of sp³-hybridized carbons (Fsp3) is 0.941. The highest BCUT2D eigenvalue weighted by molar-refractivity contribution is 5.65. The topological polar surface area (TPSA) is 132 Å². The van der Waals surface area contributed by atoms with Gasteiger partial charge in [0, 0.05) is 25.7 Å². The number of hydrogen-bond acceptors (Lipinski definition) is 9. The number of carbonyl (C=O) groups excluding carboxylic acids is 1. The van der Waals surface area contributed by atoms with Gasteiger partial charge in [0.15, 0.2) is 0 Å². The second-order valence-electron chi connectivity index (χ2n) is 5.83. The van der Waals surface area contributed by atoms with Gasteiger partial charge in [0.25, 0.3) is 0 Å². The minimum absolute atomic E-state index is 0.00783. The summed E-state index contributed by atoms with van der Waals surface area (Å²) >= 11 is 0. The van der Waals surface area contributed by atoms with Crippen LogP contribution in [0.1, 0.15) is 47.0 Å². The van der Waals surface area contributed by atoms with Crippen molar-refractivity contribution in [2.24, 2.45) is 5.92 Å². The van der Waals surface area contributed by atoms with Crippen molar-refractivity contribution >= 4 is 5.97 Å². The lowest BCUT2D eigenvalue weighted by Gasteiger charge is -2.21. The van der Waals surface area contributed by atoms with Crippen LogP contribution in [0, 0.1) is 5.92 Å². The number of carboxylic acids is 1. The standard InChI is InChI=1S/C9H20O5.C8H16O4/c1-3-8(2)12-5-4-9(6-13-10)7-14-11;1-3-7(2)12-5-4-11-6-8(9)10/h8-11H,3-7H2,1-2H3;7H,3-6H2,1-2H3,(H,9,10)/p-3. The highest BCUT2D eigenvalue weighted by Crippen LogP contribution is 2.05. The smallest absolute Gasteiger partial charge is 0.0862 e. The first-order valence-corrected chi connectivity index (χ1v) is 8.91. The molecule has 26 heavy (non-hydrogen) atoms. The van der Waals surface area contributed by atoms with Gasteiger partial charge in [-0.3, -0.25) is 0 Å². The number of carboxylic acid groups (broad SMARTS) is 1. The van der Waals surface area contributed by atoms with E-state index in [1.165, 1.54) is 0 Å². The molecule has 0 aromatic rings. The summed E-state index contributed by atoms with van der Waals surface area (Å²) in [6, 6.07) is 0. The highest BCUT2D eigenvalue weighted by atomic mass is 17.1. The zero-order valence-electron chi connectivity index (χ0n) is 16.3. The summed E-state index contributed by atoms with van der Waals surface area (Å²) in [5.74, 6) is -1.37. The van der Waals surface area contributed by atoms with Crippen molar-refractivity contribution in [1.82, 2.24) is 0 Å². The van der Waals surface area contributed by atoms with E-state index in [1.54, 1.807) is 0 Å². The molecule has 0 aliphatic heterocycles. The van der Waals surface area contributed by atoms with Crippen LogP contribution in [0.4, 0.5) is 0 Å². The quantitative estimate of drug-likeness (QED) is 0.187. The van der Waals surface area contributed by atoms with E-state index in [-0.39, 0.29) is 37.9 Å². The summed E-state index contributed by atoms with van der Waals surface area (Å²) in [6.07, 6.45) is 2.91. The summed E-state index contributed by atoms with van der Waals surface area (Å²) in [7, 11) is 0. The van der Waals surface area contributed by atoms with E-state index in [0.717, 1.165) is 12.8 Å². The lowest BCUT2D eigenvalue weighted by Crippen LogP contribution is -2.28. The van der Waals surface area contributed by atoms with Crippen molar-refractivity contribution in [2.45, 2.75) is 59.2 Å². The SMILES string of the molecule is CCC(C)OCCC(CO[O-])CO[O-].CCC(C)OCCOCC(=O)[O-]. The third kappa shape index (κ3) is 21.2. The molecule has 9 heteroatoms. The number of carbonyl (C=O) groups is 1. The number of aliphatic carboxylic acids is 1. The molecule has 0 radical (unpaired) electrons. The van der Waals surface area contributed by atoms with Gasteiger partial charge in [0.1, 0.15) is 0 Å². The van der Waals surface area contributed by atoms with E-state index in [2.05, 4.69) is 9.78 Å². The Hall–Kier alpha value is -0.810. The van der Waals surface area contributed by atoms with Gasteiger partial charge in [0.2, 0.25) is 0 Å². The van der Waals surface area contributed by atoms with Gasteiger partial charge in [-0.15, -0.1) is 0 Å². The maximum absolute atomic E-state index is 9.88. The molecule has 0 rings (SSSR count). The Balaban J connectivity index is 0. The van der Waals surface area contributed by atoms with Crippen LogP contribution < -0.4 is 15.6 Å². The molecule has 2 atom stereocenters. The molecule has 0 spiro atoms. The normalized spacial score (nSPS) is 13.2. The molecule has 0 saturated heterocycles. The lowest BCUT2D eigenvalue weighted by atomic mass is 10.1. The van der Waals surface area contributed by atoms with Gasteiger partial charge in [-0.25, -0.2) is 0 Å². The third-order valence-electron chi connectivity index (χ3n) is 3.54. The first-order valence-electron chi connectivity index (χ1n) is 8.91. The predicted octanol–water partition coefficient (Wildman–Crippen LogP) is -1.04. The van der Waals surface area contributed by atoms with Crippen LogP contribution in [-0.4, -0.2) is 57.8 Å². The average Bonchev–Trinajstić information content (AvgIpc) is 2.61. The zero-order chi connectivity index (χ0) is 20.2.